The van der Waals surface area contributed by atoms with Gasteiger partial charge in [0.2, 0.25) is 0 Å². The topological polar surface area (TPSA) is 68.1 Å². The van der Waals surface area contributed by atoms with Crippen LogP contribution >= 0.6 is 0 Å². The van der Waals surface area contributed by atoms with Gasteiger partial charge in [0.05, 0.1) is 20.6 Å². The van der Waals surface area contributed by atoms with Crippen molar-refractivity contribution in [1.29, 1.82) is 0 Å². The van der Waals surface area contributed by atoms with E-state index in [1.54, 1.807) is 18.2 Å². The molecule has 1 aromatic carbocycles. The Hall–Kier alpha value is -2.04. The molecule has 0 radical (unpaired) electrons. The molecule has 0 aromatic heterocycles. The zero-order valence-electron chi connectivity index (χ0n) is 9.84. The van der Waals surface area contributed by atoms with Gasteiger partial charge < -0.3 is 14.6 Å². The fraction of sp³-hybridized carbons (Fsp3) is 0.333. The third-order valence-electron chi connectivity index (χ3n) is 2.15. The molecule has 0 aliphatic rings. The summed E-state index contributed by atoms with van der Waals surface area (Å²) in [5.41, 5.74) is 0.550. The van der Waals surface area contributed by atoms with E-state index in [1.165, 1.54) is 20.4 Å². The lowest BCUT2D eigenvalue weighted by Crippen LogP contribution is -2.01. The van der Waals surface area contributed by atoms with E-state index < -0.39 is 0 Å². The molecular weight excluding hydrogens is 222 g/mol. The Labute approximate surface area is 99.7 Å². The van der Waals surface area contributed by atoms with Crippen LogP contribution in [-0.4, -0.2) is 38.1 Å². The van der Waals surface area contributed by atoms with Gasteiger partial charge >= 0.3 is 5.97 Å². The van der Waals surface area contributed by atoms with Crippen LogP contribution in [0.5, 0.6) is 11.5 Å². The zero-order valence-corrected chi connectivity index (χ0v) is 9.84. The molecule has 1 N–H and O–H groups in total. The monoisotopic (exact) mass is 237 g/mol. The predicted octanol–water partition coefficient (Wildman–Crippen LogP) is 1.38. The maximum atomic E-state index is 10.8. The minimum atomic E-state index is -0.308. The number of esters is 1. The molecule has 0 unspecified atom stereocenters. The number of rotatable bonds is 5. The highest BCUT2D eigenvalue weighted by Gasteiger charge is 2.04. The van der Waals surface area contributed by atoms with Crippen LogP contribution in [0.15, 0.2) is 23.2 Å². The highest BCUT2D eigenvalue weighted by Crippen LogP contribution is 2.27. The van der Waals surface area contributed by atoms with Crippen molar-refractivity contribution in [3.05, 3.63) is 23.8 Å². The molecule has 0 bridgehead atoms. The molecule has 0 amide bonds. The summed E-state index contributed by atoms with van der Waals surface area (Å²) in [6.45, 7) is 0.323. The number of carbonyl (C=O) groups excluding carboxylic acids is 1. The van der Waals surface area contributed by atoms with Gasteiger partial charge in [-0.3, -0.25) is 9.79 Å². The van der Waals surface area contributed by atoms with E-state index >= 15 is 0 Å². The van der Waals surface area contributed by atoms with Crippen LogP contribution in [0.3, 0.4) is 0 Å². The first-order valence-electron chi connectivity index (χ1n) is 5.11. The molecule has 1 aromatic rings. The van der Waals surface area contributed by atoms with E-state index in [2.05, 4.69) is 9.73 Å². The second-order valence-corrected chi connectivity index (χ2v) is 3.26. The van der Waals surface area contributed by atoms with Crippen LogP contribution in [0.4, 0.5) is 0 Å². The summed E-state index contributed by atoms with van der Waals surface area (Å²) >= 11 is 0. The van der Waals surface area contributed by atoms with Crippen molar-refractivity contribution >= 4 is 12.2 Å². The van der Waals surface area contributed by atoms with E-state index in [9.17, 15) is 9.90 Å². The Morgan fingerprint density at radius 2 is 2.24 bits per heavy atom. The van der Waals surface area contributed by atoms with Crippen molar-refractivity contribution < 1.29 is 19.4 Å². The summed E-state index contributed by atoms with van der Waals surface area (Å²) in [6.07, 6.45) is 1.72. The van der Waals surface area contributed by atoms with E-state index in [-0.39, 0.29) is 18.1 Å². The highest BCUT2D eigenvalue weighted by molar-refractivity contribution is 5.85. The summed E-state index contributed by atoms with van der Waals surface area (Å²) in [5.74, 6) is 0.121. The summed E-state index contributed by atoms with van der Waals surface area (Å²) in [6, 6.07) is 5.11. The zero-order chi connectivity index (χ0) is 12.7. The first-order valence-corrected chi connectivity index (χ1v) is 5.11. The molecule has 0 saturated carbocycles. The molecule has 0 saturated heterocycles. The third kappa shape index (κ3) is 3.79. The SMILES string of the molecule is COC(=O)CCN=Cc1cccc(OC)c1O. The van der Waals surface area contributed by atoms with Crippen molar-refractivity contribution in [2.24, 2.45) is 4.99 Å². The fourth-order valence-corrected chi connectivity index (χ4v) is 1.23. The average Bonchev–Trinajstić information content (AvgIpc) is 2.36. The molecule has 5 nitrogen and oxygen atoms in total. The van der Waals surface area contributed by atoms with E-state index in [0.29, 0.717) is 17.9 Å². The van der Waals surface area contributed by atoms with Crippen LogP contribution in [0.2, 0.25) is 0 Å². The molecule has 17 heavy (non-hydrogen) atoms. The molecule has 0 fully saturated rings. The number of phenolic OH excluding ortho intramolecular Hbond substituents is 1. The van der Waals surface area contributed by atoms with Gasteiger partial charge in [0.25, 0.3) is 0 Å². The summed E-state index contributed by atoms with van der Waals surface area (Å²) in [7, 11) is 2.81. The van der Waals surface area contributed by atoms with Gasteiger partial charge in [-0.1, -0.05) is 6.07 Å². The molecule has 0 spiro atoms. The van der Waals surface area contributed by atoms with Crippen LogP contribution < -0.4 is 4.74 Å². The van der Waals surface area contributed by atoms with Crippen molar-refractivity contribution in [3.63, 3.8) is 0 Å². The fourth-order valence-electron chi connectivity index (χ4n) is 1.23. The van der Waals surface area contributed by atoms with Gasteiger partial charge in [0.15, 0.2) is 11.5 Å². The minimum Gasteiger partial charge on any atom is -0.504 e. The van der Waals surface area contributed by atoms with Gasteiger partial charge in [-0.2, -0.15) is 0 Å². The number of hydrogen-bond donors (Lipinski definition) is 1. The van der Waals surface area contributed by atoms with Gasteiger partial charge in [-0.15, -0.1) is 0 Å². The average molecular weight is 237 g/mol. The Balaban J connectivity index is 2.62. The van der Waals surface area contributed by atoms with Gasteiger partial charge in [0, 0.05) is 18.3 Å². The Bertz CT molecular complexity index is 415. The number of nitrogens with zero attached hydrogens (tertiary/aromatic N) is 1. The van der Waals surface area contributed by atoms with Gasteiger partial charge in [-0.25, -0.2) is 0 Å². The number of ether oxygens (including phenoxy) is 2. The number of phenols is 1. The van der Waals surface area contributed by atoms with E-state index in [4.69, 9.17) is 4.74 Å². The number of aromatic hydroxyl groups is 1. The summed E-state index contributed by atoms with van der Waals surface area (Å²) in [5, 5.41) is 9.74. The number of methoxy groups -OCH3 is 2. The van der Waals surface area contributed by atoms with Crippen LogP contribution in [-0.2, 0) is 9.53 Å². The van der Waals surface area contributed by atoms with E-state index in [0.717, 1.165) is 0 Å². The van der Waals surface area contributed by atoms with Crippen LogP contribution in [0.1, 0.15) is 12.0 Å². The number of aliphatic imine (C=N–C) groups is 1. The second kappa shape index (κ2) is 6.52. The van der Waals surface area contributed by atoms with Gasteiger partial charge in [-0.05, 0) is 12.1 Å². The van der Waals surface area contributed by atoms with Gasteiger partial charge in [0.1, 0.15) is 0 Å². The standard InChI is InChI=1S/C12H15NO4/c1-16-10-5-3-4-9(12(10)15)8-13-7-6-11(14)17-2/h3-5,8,15H,6-7H2,1-2H3. The van der Waals surface area contributed by atoms with Crippen molar-refractivity contribution in [1.82, 2.24) is 0 Å². The molecule has 5 heteroatoms. The Kier molecular flexibility index (Phi) is 5.00. The largest absolute Gasteiger partial charge is 0.504 e. The third-order valence-corrected chi connectivity index (χ3v) is 2.15. The lowest BCUT2D eigenvalue weighted by molar-refractivity contribution is -0.140. The normalized spacial score (nSPS) is 10.5. The lowest BCUT2D eigenvalue weighted by Gasteiger charge is -2.04. The summed E-state index contributed by atoms with van der Waals surface area (Å²) in [4.78, 5) is 14.8. The first-order chi connectivity index (χ1) is 8.19. The molecule has 0 aliphatic carbocycles. The number of para-hydroxylation sites is 1. The van der Waals surface area contributed by atoms with Crippen molar-refractivity contribution in [3.8, 4) is 11.5 Å². The minimum absolute atomic E-state index is 0.0387. The second-order valence-electron chi connectivity index (χ2n) is 3.26. The van der Waals surface area contributed by atoms with Crippen LogP contribution in [0.25, 0.3) is 0 Å². The number of benzene rings is 1. The molecule has 0 aliphatic heterocycles. The Morgan fingerprint density at radius 1 is 1.47 bits per heavy atom. The molecule has 92 valence electrons. The van der Waals surface area contributed by atoms with Crippen molar-refractivity contribution in [2.75, 3.05) is 20.8 Å². The predicted molar refractivity (Wildman–Crippen MR) is 63.8 cm³/mol. The maximum absolute atomic E-state index is 10.8. The van der Waals surface area contributed by atoms with E-state index in [1.807, 2.05) is 0 Å². The maximum Gasteiger partial charge on any atom is 0.307 e. The molecule has 0 atom stereocenters. The first kappa shape index (κ1) is 13.0. The molecular formula is C12H15NO4. The highest BCUT2D eigenvalue weighted by atomic mass is 16.5. The number of carbonyl (C=O) groups is 1. The molecule has 1 rings (SSSR count). The van der Waals surface area contributed by atoms with Crippen molar-refractivity contribution in [2.45, 2.75) is 6.42 Å². The smallest absolute Gasteiger partial charge is 0.307 e. The quantitative estimate of drug-likeness (QED) is 0.620. The van der Waals surface area contributed by atoms with Crippen LogP contribution in [0, 0.1) is 0 Å². The lowest BCUT2D eigenvalue weighted by atomic mass is 10.2. The summed E-state index contributed by atoms with van der Waals surface area (Å²) < 4.78 is 9.44. The molecule has 0 heterocycles. The number of hydrogen-bond acceptors (Lipinski definition) is 5. The Morgan fingerprint density at radius 3 is 2.88 bits per heavy atom.